The number of nitrogens with zero attached hydrogens (tertiary/aromatic N) is 5. The van der Waals surface area contributed by atoms with E-state index in [0.29, 0.717) is 38.4 Å². The molecule has 0 saturated heterocycles. The number of rotatable bonds is 11. The van der Waals surface area contributed by atoms with Gasteiger partial charge in [-0.1, -0.05) is 34.3 Å². The minimum Gasteiger partial charge on any atom is -0.496 e. The molecular formula is C26H22Cl2N6O6. The second kappa shape index (κ2) is 12.9. The fraction of sp³-hybridized carbons (Fsp3) is 0.154. The van der Waals surface area contributed by atoms with Crippen molar-refractivity contribution in [3.05, 3.63) is 103 Å². The summed E-state index contributed by atoms with van der Waals surface area (Å²) < 4.78 is 17.9. The lowest BCUT2D eigenvalue weighted by atomic mass is 10.1. The van der Waals surface area contributed by atoms with Crippen LogP contribution in [-0.2, 0) is 13.2 Å². The van der Waals surface area contributed by atoms with Crippen molar-refractivity contribution >= 4 is 41.3 Å². The van der Waals surface area contributed by atoms with E-state index in [-0.39, 0.29) is 18.7 Å². The number of ether oxygens (including phenoxy) is 3. The summed E-state index contributed by atoms with van der Waals surface area (Å²) >= 11 is 12.1. The van der Waals surface area contributed by atoms with Crippen LogP contribution >= 0.6 is 23.2 Å². The van der Waals surface area contributed by atoms with Crippen LogP contribution in [0.3, 0.4) is 0 Å². The molecule has 0 atom stereocenters. The second-order valence-corrected chi connectivity index (χ2v) is 9.00. The second-order valence-electron chi connectivity index (χ2n) is 8.16. The number of amides is 1. The number of nitro groups is 1. The number of halogens is 2. The number of carbonyl (C=O) groups is 1. The first-order chi connectivity index (χ1) is 19.3. The summed E-state index contributed by atoms with van der Waals surface area (Å²) in [5, 5.41) is 19.7. The lowest BCUT2D eigenvalue weighted by Crippen LogP contribution is -2.18. The van der Waals surface area contributed by atoms with Crippen molar-refractivity contribution in [3.8, 4) is 17.2 Å². The first-order valence-corrected chi connectivity index (χ1v) is 12.3. The van der Waals surface area contributed by atoms with E-state index in [2.05, 4.69) is 20.6 Å². The lowest BCUT2D eigenvalue weighted by molar-refractivity contribution is -0.394. The molecule has 1 N–H and O–H groups in total. The minimum absolute atomic E-state index is 0.174. The maximum Gasteiger partial charge on any atom is 0.490 e. The van der Waals surface area contributed by atoms with E-state index in [4.69, 9.17) is 37.4 Å². The number of benzene rings is 3. The molecule has 0 spiro atoms. The van der Waals surface area contributed by atoms with Gasteiger partial charge in [-0.25, -0.2) is 5.43 Å². The van der Waals surface area contributed by atoms with Crippen LogP contribution in [0.2, 0.25) is 10.0 Å². The lowest BCUT2D eigenvalue weighted by Gasteiger charge is -2.12. The van der Waals surface area contributed by atoms with Crippen molar-refractivity contribution < 1.29 is 23.9 Å². The largest absolute Gasteiger partial charge is 0.496 e. The summed E-state index contributed by atoms with van der Waals surface area (Å²) in [6.07, 6.45) is 2.71. The van der Waals surface area contributed by atoms with Crippen LogP contribution in [0.4, 0.5) is 5.95 Å². The van der Waals surface area contributed by atoms with Crippen molar-refractivity contribution in [1.29, 1.82) is 0 Å². The molecule has 0 unspecified atom stereocenters. The summed E-state index contributed by atoms with van der Waals surface area (Å²) in [5.74, 6) is 0.321. The molecule has 40 heavy (non-hydrogen) atoms. The van der Waals surface area contributed by atoms with E-state index in [9.17, 15) is 14.9 Å². The third-order valence-corrected chi connectivity index (χ3v) is 6.12. The number of hydrogen-bond donors (Lipinski definition) is 1. The predicted octanol–water partition coefficient (Wildman–Crippen LogP) is 4.90. The van der Waals surface area contributed by atoms with E-state index < -0.39 is 16.8 Å². The van der Waals surface area contributed by atoms with Gasteiger partial charge in [0, 0.05) is 32.3 Å². The zero-order chi connectivity index (χ0) is 28.6. The third kappa shape index (κ3) is 7.04. The minimum atomic E-state index is -0.674. The molecule has 0 bridgehead atoms. The van der Waals surface area contributed by atoms with E-state index in [1.54, 1.807) is 54.6 Å². The fourth-order valence-corrected chi connectivity index (χ4v) is 4.06. The number of hydrazone groups is 1. The molecule has 0 aliphatic carbocycles. The Morgan fingerprint density at radius 1 is 1.07 bits per heavy atom. The van der Waals surface area contributed by atoms with E-state index in [1.165, 1.54) is 31.4 Å². The fourth-order valence-electron chi connectivity index (χ4n) is 3.60. The molecule has 0 fully saturated rings. The highest BCUT2D eigenvalue weighted by molar-refractivity contribution is 6.35. The van der Waals surface area contributed by atoms with Crippen LogP contribution in [0.15, 0.2) is 66.0 Å². The van der Waals surface area contributed by atoms with E-state index in [0.717, 1.165) is 5.56 Å². The van der Waals surface area contributed by atoms with Crippen molar-refractivity contribution in [2.24, 2.45) is 5.10 Å². The Morgan fingerprint density at radius 2 is 1.88 bits per heavy atom. The Labute approximate surface area is 238 Å². The molecule has 0 radical (unpaired) electrons. The molecule has 4 rings (SSSR count). The standard InChI is InChI=1S/C26H22Cl2N6O6/c1-38-23-8-3-16(9-18(23)13-33-15-29-26(32-33)34(36)37)12-30-31-25(35)21-7-6-20(11-24(21)39-2)40-14-17-4-5-19(27)10-22(17)28/h3-12,15H,13-14H2,1-2H3,(H,31,35)/b30-12-. The average Bonchev–Trinajstić information content (AvgIpc) is 3.41. The van der Waals surface area contributed by atoms with Crippen LogP contribution in [0, 0.1) is 10.1 Å². The van der Waals surface area contributed by atoms with Gasteiger partial charge < -0.3 is 24.3 Å². The molecule has 0 aliphatic rings. The van der Waals surface area contributed by atoms with E-state index >= 15 is 0 Å². The molecule has 14 heteroatoms. The van der Waals surface area contributed by atoms with Crippen molar-refractivity contribution in [1.82, 2.24) is 20.2 Å². The van der Waals surface area contributed by atoms with Crippen molar-refractivity contribution in [3.63, 3.8) is 0 Å². The molecule has 206 valence electrons. The summed E-state index contributed by atoms with van der Waals surface area (Å²) in [5.41, 5.74) is 4.79. The molecule has 4 aromatic rings. The monoisotopic (exact) mass is 584 g/mol. The number of hydrogen-bond acceptors (Lipinski definition) is 9. The first-order valence-electron chi connectivity index (χ1n) is 11.6. The highest BCUT2D eigenvalue weighted by Crippen LogP contribution is 2.27. The smallest absolute Gasteiger partial charge is 0.490 e. The molecule has 1 aromatic heterocycles. The van der Waals surface area contributed by atoms with Gasteiger partial charge in [-0.15, -0.1) is 0 Å². The Morgan fingerprint density at radius 3 is 2.58 bits per heavy atom. The third-order valence-electron chi connectivity index (χ3n) is 5.53. The number of aromatic nitrogens is 3. The SMILES string of the molecule is COc1ccc(/C=N\NC(=O)c2ccc(OCc3ccc(Cl)cc3Cl)cc2OC)cc1Cn1cnc([N+](=O)[O-])n1. The van der Waals surface area contributed by atoms with Crippen molar-refractivity contribution in [2.45, 2.75) is 13.2 Å². The van der Waals surface area contributed by atoms with Crippen LogP contribution in [0.1, 0.15) is 27.0 Å². The molecular weight excluding hydrogens is 563 g/mol. The molecule has 1 amide bonds. The summed E-state index contributed by atoms with van der Waals surface area (Å²) in [6.45, 7) is 0.376. The average molecular weight is 585 g/mol. The predicted molar refractivity (Wildman–Crippen MR) is 148 cm³/mol. The van der Waals surface area contributed by atoms with Gasteiger partial charge in [-0.2, -0.15) is 9.78 Å². The van der Waals surface area contributed by atoms with Gasteiger partial charge in [0.2, 0.25) is 6.33 Å². The van der Waals surface area contributed by atoms with Crippen molar-refractivity contribution in [2.75, 3.05) is 14.2 Å². The summed E-state index contributed by atoms with van der Waals surface area (Å²) in [7, 11) is 2.95. The summed E-state index contributed by atoms with van der Waals surface area (Å²) in [6, 6.07) is 15.1. The molecule has 3 aromatic carbocycles. The molecule has 1 heterocycles. The first kappa shape index (κ1) is 28.3. The molecule has 0 saturated carbocycles. The van der Waals surface area contributed by atoms with Gasteiger partial charge in [0.05, 0.1) is 32.5 Å². The summed E-state index contributed by atoms with van der Waals surface area (Å²) in [4.78, 5) is 26.6. The highest BCUT2D eigenvalue weighted by atomic mass is 35.5. The van der Waals surface area contributed by atoms with Gasteiger partial charge in [-0.05, 0) is 53.0 Å². The van der Waals surface area contributed by atoms with E-state index in [1.807, 2.05) is 0 Å². The van der Waals surface area contributed by atoms with Gasteiger partial charge in [0.1, 0.15) is 23.9 Å². The number of methoxy groups -OCH3 is 2. The van der Waals surface area contributed by atoms with Crippen LogP contribution in [-0.4, -0.2) is 46.0 Å². The van der Waals surface area contributed by atoms with Gasteiger partial charge in [-0.3, -0.25) is 4.79 Å². The van der Waals surface area contributed by atoms with Gasteiger partial charge >= 0.3 is 5.95 Å². The molecule has 0 aliphatic heterocycles. The molecule has 12 nitrogen and oxygen atoms in total. The normalized spacial score (nSPS) is 10.9. The Kier molecular flexibility index (Phi) is 9.15. The van der Waals surface area contributed by atoms with Crippen LogP contribution in [0.25, 0.3) is 0 Å². The van der Waals surface area contributed by atoms with Crippen LogP contribution in [0.5, 0.6) is 17.2 Å². The highest BCUT2D eigenvalue weighted by Gasteiger charge is 2.16. The number of nitrogens with one attached hydrogen (secondary N) is 1. The topological polar surface area (TPSA) is 143 Å². The Bertz CT molecular complexity index is 1580. The zero-order valence-electron chi connectivity index (χ0n) is 21.2. The van der Waals surface area contributed by atoms with Gasteiger partial charge in [0.15, 0.2) is 0 Å². The maximum absolute atomic E-state index is 12.8. The number of carbonyl (C=O) groups excluding carboxylic acids is 1. The quantitative estimate of drug-likeness (QED) is 0.149. The van der Waals surface area contributed by atoms with Gasteiger partial charge in [0.25, 0.3) is 5.91 Å². The zero-order valence-corrected chi connectivity index (χ0v) is 22.7. The van der Waals surface area contributed by atoms with Crippen LogP contribution < -0.4 is 19.6 Å². The Balaban J connectivity index is 1.41. The maximum atomic E-state index is 12.8. The Hall–Kier alpha value is -4.68.